The summed E-state index contributed by atoms with van der Waals surface area (Å²) in [5, 5.41) is 6.41. The van der Waals surface area contributed by atoms with Crippen molar-refractivity contribution in [2.24, 2.45) is 22.7 Å². The smallest absolute Gasteiger partial charge is 0.248 e. The average Bonchev–Trinajstić information content (AvgIpc) is 3.85. The summed E-state index contributed by atoms with van der Waals surface area (Å²) < 4.78 is 55.1. The molecule has 0 radical (unpaired) electrons. The summed E-state index contributed by atoms with van der Waals surface area (Å²) in [5.74, 6) is -5.13. The van der Waals surface area contributed by atoms with E-state index in [2.05, 4.69) is 58.7 Å². The number of nitrogens with zero attached hydrogens (tertiary/aromatic N) is 2. The number of carbonyl (C=O) groups excluding carboxylic acids is 2. The lowest BCUT2D eigenvalue weighted by Gasteiger charge is -2.45. The Hall–Kier alpha value is -4.48. The summed E-state index contributed by atoms with van der Waals surface area (Å²) in [4.78, 5) is 42.9. The van der Waals surface area contributed by atoms with Gasteiger partial charge in [0.05, 0.1) is 35.9 Å². The van der Waals surface area contributed by atoms with Crippen LogP contribution in [0.2, 0.25) is 0 Å². The number of benzene rings is 2. The molecule has 2 amide bonds. The van der Waals surface area contributed by atoms with Gasteiger partial charge in [-0.15, -0.1) is 0 Å². The van der Waals surface area contributed by atoms with E-state index in [-0.39, 0.29) is 86.1 Å². The molecular weight excluding hydrogens is 721 g/mol. The standard InChI is InChI=1S/C44H52F4N6O2/c1-41(17-3-18-41)35(53-39(55)31-13-21-43(45,46)22-14-31)37-49-25-33(51-37)29-9-5-27(6-10-29)28-7-11-30(12-8-28)34-26-50-38(52-34)36(42(2)19-4-20-42)54-40(56)32-15-23-44(47,48)24-16-32/h5-12,25-26,31-32,35-36H,3-4,13-24H2,1-2H3,(H,49,51)(H,50,52)(H,53,55)(H,54,56)/t35-,36-/m1/s1. The number of halogens is 4. The number of hydrogen-bond donors (Lipinski definition) is 4. The van der Waals surface area contributed by atoms with Gasteiger partial charge >= 0.3 is 0 Å². The zero-order valence-corrected chi connectivity index (χ0v) is 32.2. The summed E-state index contributed by atoms with van der Waals surface area (Å²) in [5.41, 5.74) is 5.36. The Morgan fingerprint density at radius 3 is 1.20 bits per heavy atom. The van der Waals surface area contributed by atoms with Gasteiger partial charge < -0.3 is 20.6 Å². The number of aromatic amines is 2. The maximum Gasteiger partial charge on any atom is 0.248 e. The molecule has 0 aliphatic heterocycles. The summed E-state index contributed by atoms with van der Waals surface area (Å²) in [7, 11) is 0. The number of amides is 2. The Morgan fingerprint density at radius 2 is 0.893 bits per heavy atom. The Kier molecular flexibility index (Phi) is 10.1. The number of rotatable bonds is 11. The number of H-pyrrole nitrogens is 2. The molecule has 4 N–H and O–H groups in total. The Labute approximate surface area is 325 Å². The third-order valence-electron chi connectivity index (χ3n) is 13.6. The molecule has 4 saturated carbocycles. The molecule has 12 heteroatoms. The lowest BCUT2D eigenvalue weighted by atomic mass is 9.65. The number of aromatic nitrogens is 4. The fourth-order valence-corrected chi connectivity index (χ4v) is 9.26. The highest BCUT2D eigenvalue weighted by Crippen LogP contribution is 2.51. The van der Waals surface area contributed by atoms with E-state index >= 15 is 0 Å². The molecule has 0 spiro atoms. The van der Waals surface area contributed by atoms with Crippen LogP contribution in [0.5, 0.6) is 0 Å². The third kappa shape index (κ3) is 7.89. The van der Waals surface area contributed by atoms with Crippen molar-refractivity contribution in [1.82, 2.24) is 30.6 Å². The molecule has 298 valence electrons. The minimum atomic E-state index is -2.68. The lowest BCUT2D eigenvalue weighted by molar-refractivity contribution is -0.132. The first-order valence-corrected chi connectivity index (χ1v) is 20.4. The number of nitrogens with one attached hydrogen (secondary N) is 4. The quantitative estimate of drug-likeness (QED) is 0.114. The van der Waals surface area contributed by atoms with Crippen LogP contribution in [0, 0.1) is 22.7 Å². The number of hydrogen-bond acceptors (Lipinski definition) is 4. The topological polar surface area (TPSA) is 116 Å². The first-order chi connectivity index (χ1) is 26.7. The molecule has 2 aromatic heterocycles. The highest BCUT2D eigenvalue weighted by Gasteiger charge is 2.46. The zero-order valence-electron chi connectivity index (χ0n) is 32.2. The molecule has 0 bridgehead atoms. The molecule has 2 heterocycles. The Balaban J connectivity index is 0.927. The van der Waals surface area contributed by atoms with Crippen LogP contribution in [-0.2, 0) is 9.59 Å². The fourth-order valence-electron chi connectivity index (χ4n) is 9.26. The van der Waals surface area contributed by atoms with Crippen molar-refractivity contribution in [3.63, 3.8) is 0 Å². The normalized spacial score (nSPS) is 22.6. The van der Waals surface area contributed by atoms with Crippen LogP contribution in [0.1, 0.15) is 127 Å². The van der Waals surface area contributed by atoms with E-state index in [9.17, 15) is 27.2 Å². The van der Waals surface area contributed by atoms with Crippen LogP contribution in [0.3, 0.4) is 0 Å². The largest absolute Gasteiger partial charge is 0.345 e. The van der Waals surface area contributed by atoms with Crippen molar-refractivity contribution in [3.8, 4) is 33.6 Å². The molecular formula is C44H52F4N6O2. The van der Waals surface area contributed by atoms with E-state index < -0.39 is 23.7 Å². The second kappa shape index (κ2) is 14.8. The van der Waals surface area contributed by atoms with Crippen LogP contribution < -0.4 is 10.6 Å². The van der Waals surface area contributed by atoms with Gasteiger partial charge in [0.1, 0.15) is 11.6 Å². The fraction of sp³-hybridized carbons (Fsp3) is 0.545. The van der Waals surface area contributed by atoms with E-state index in [4.69, 9.17) is 9.97 Å². The molecule has 2 atom stereocenters. The monoisotopic (exact) mass is 772 g/mol. The van der Waals surface area contributed by atoms with Crippen LogP contribution in [-0.4, -0.2) is 43.6 Å². The first-order valence-electron chi connectivity index (χ1n) is 20.4. The molecule has 2 aromatic carbocycles. The van der Waals surface area contributed by atoms with Crippen molar-refractivity contribution in [3.05, 3.63) is 72.6 Å². The summed E-state index contributed by atoms with van der Waals surface area (Å²) in [6, 6.07) is 15.7. The highest BCUT2D eigenvalue weighted by atomic mass is 19.3. The summed E-state index contributed by atoms with van der Waals surface area (Å²) >= 11 is 0. The van der Waals surface area contributed by atoms with Crippen LogP contribution in [0.4, 0.5) is 17.6 Å². The van der Waals surface area contributed by atoms with Gasteiger partial charge in [-0.05, 0) is 84.5 Å². The van der Waals surface area contributed by atoms with Gasteiger partial charge in [0.2, 0.25) is 23.7 Å². The van der Waals surface area contributed by atoms with Crippen LogP contribution >= 0.6 is 0 Å². The van der Waals surface area contributed by atoms with E-state index in [1.165, 1.54) is 0 Å². The SMILES string of the molecule is CC1([C@H](NC(=O)C2CCC(F)(F)CC2)c2ncc(-c3ccc(-c4ccc(-c5cnc([C@@H](NC(=O)C6CCC(F)(F)CC6)C6(C)CCC6)[nH]5)cc4)cc3)[nH]2)CCC1. The van der Waals surface area contributed by atoms with E-state index in [0.29, 0.717) is 11.6 Å². The van der Waals surface area contributed by atoms with Gasteiger partial charge in [-0.1, -0.05) is 75.2 Å². The molecule has 4 fully saturated rings. The number of carbonyl (C=O) groups is 2. The summed E-state index contributed by atoms with van der Waals surface area (Å²) in [6.45, 7) is 4.31. The summed E-state index contributed by atoms with van der Waals surface area (Å²) in [6.07, 6.45) is 9.36. The predicted octanol–water partition coefficient (Wildman–Crippen LogP) is 10.5. The zero-order chi connectivity index (χ0) is 39.3. The molecule has 0 saturated heterocycles. The van der Waals surface area contributed by atoms with E-state index in [1.807, 2.05) is 24.3 Å². The van der Waals surface area contributed by atoms with Gasteiger partial charge in [-0.2, -0.15) is 0 Å². The van der Waals surface area contributed by atoms with Gasteiger partial charge in [0.25, 0.3) is 0 Å². The van der Waals surface area contributed by atoms with Gasteiger partial charge in [0, 0.05) is 37.5 Å². The predicted molar refractivity (Wildman–Crippen MR) is 207 cm³/mol. The molecule has 8 rings (SSSR count). The van der Waals surface area contributed by atoms with Crippen molar-refractivity contribution in [1.29, 1.82) is 0 Å². The molecule has 8 nitrogen and oxygen atoms in total. The van der Waals surface area contributed by atoms with Crippen LogP contribution in [0.15, 0.2) is 60.9 Å². The Bertz CT molecular complexity index is 1870. The van der Waals surface area contributed by atoms with Crippen molar-refractivity contribution in [2.45, 2.75) is 128 Å². The van der Waals surface area contributed by atoms with Crippen molar-refractivity contribution in [2.75, 3.05) is 0 Å². The van der Waals surface area contributed by atoms with Crippen LogP contribution in [0.25, 0.3) is 33.6 Å². The first kappa shape index (κ1) is 38.4. The minimum Gasteiger partial charge on any atom is -0.345 e. The second-order valence-electron chi connectivity index (χ2n) is 17.7. The maximum atomic E-state index is 13.8. The van der Waals surface area contributed by atoms with Gasteiger partial charge in [-0.3, -0.25) is 9.59 Å². The second-order valence-corrected chi connectivity index (χ2v) is 17.7. The van der Waals surface area contributed by atoms with E-state index in [0.717, 1.165) is 72.2 Å². The highest BCUT2D eigenvalue weighted by molar-refractivity contribution is 5.80. The minimum absolute atomic E-state index is 0.150. The number of alkyl halides is 4. The van der Waals surface area contributed by atoms with Crippen molar-refractivity contribution >= 4 is 11.8 Å². The third-order valence-corrected chi connectivity index (χ3v) is 13.6. The van der Waals surface area contributed by atoms with E-state index in [1.54, 1.807) is 12.4 Å². The molecule has 4 aliphatic carbocycles. The maximum absolute atomic E-state index is 13.8. The molecule has 0 unspecified atom stereocenters. The molecule has 4 aromatic rings. The van der Waals surface area contributed by atoms with Gasteiger partial charge in [0.15, 0.2) is 0 Å². The average molecular weight is 773 g/mol. The lowest BCUT2D eigenvalue weighted by Crippen LogP contribution is -2.46. The number of imidazole rings is 2. The molecule has 4 aliphatic rings. The van der Waals surface area contributed by atoms with Gasteiger partial charge in [-0.25, -0.2) is 27.5 Å². The Morgan fingerprint density at radius 1 is 0.571 bits per heavy atom. The molecule has 56 heavy (non-hydrogen) atoms. The van der Waals surface area contributed by atoms with Crippen molar-refractivity contribution < 1.29 is 27.2 Å².